The zero-order valence-corrected chi connectivity index (χ0v) is 18.5. The molecule has 0 fully saturated rings. The first-order valence-corrected chi connectivity index (χ1v) is 10.4. The monoisotopic (exact) mass is 457 g/mol. The normalized spacial score (nSPS) is 11.2. The molecule has 0 aromatic carbocycles. The van der Waals surface area contributed by atoms with E-state index in [1.165, 1.54) is 10.9 Å². The van der Waals surface area contributed by atoms with Gasteiger partial charge in [0.25, 0.3) is 5.56 Å². The van der Waals surface area contributed by atoms with E-state index in [1.807, 2.05) is 0 Å². The van der Waals surface area contributed by atoms with Crippen LogP contribution in [0.25, 0.3) is 21.3 Å². The molecule has 0 unspecified atom stereocenters. The molecule has 12 heteroatoms. The lowest BCUT2D eigenvalue weighted by molar-refractivity contribution is 0.0466. The van der Waals surface area contributed by atoms with Crippen molar-refractivity contribution in [2.24, 2.45) is 7.05 Å². The summed E-state index contributed by atoms with van der Waals surface area (Å²) in [5.41, 5.74) is 6.54. The number of aryl methyl sites for hydroxylation is 3. The number of aromatic nitrogens is 4. The number of anilines is 1. The number of rotatable bonds is 5. The number of thiophene rings is 1. The average molecular weight is 457 g/mol. The second kappa shape index (κ2) is 8.04. The van der Waals surface area contributed by atoms with Crippen LogP contribution in [-0.2, 0) is 23.1 Å². The zero-order valence-electron chi connectivity index (χ0n) is 17.7. The maximum atomic E-state index is 12.7. The molecule has 4 rings (SSSR count). The van der Waals surface area contributed by atoms with E-state index in [0.717, 1.165) is 11.3 Å². The molecule has 0 aliphatic rings. The number of fused-ring (bicyclic) bond motifs is 2. The van der Waals surface area contributed by atoms with Crippen LogP contribution in [0.1, 0.15) is 44.1 Å². The number of nitrogens with two attached hydrogens (primary N) is 1. The van der Waals surface area contributed by atoms with Gasteiger partial charge in [0.15, 0.2) is 12.4 Å². The molecule has 0 spiro atoms. The summed E-state index contributed by atoms with van der Waals surface area (Å²) in [6.07, 6.45) is 1.40. The van der Waals surface area contributed by atoms with Crippen molar-refractivity contribution in [1.29, 1.82) is 0 Å². The molecule has 4 aromatic heterocycles. The number of esters is 2. The number of hydrogen-bond donors (Lipinski definition) is 1. The van der Waals surface area contributed by atoms with Crippen LogP contribution in [0.4, 0.5) is 5.82 Å². The summed E-state index contributed by atoms with van der Waals surface area (Å²) >= 11 is 1.07. The predicted molar refractivity (Wildman–Crippen MR) is 116 cm³/mol. The minimum absolute atomic E-state index is 0.00620. The van der Waals surface area contributed by atoms with Gasteiger partial charge in [-0.15, -0.1) is 11.3 Å². The lowest BCUT2D eigenvalue weighted by Gasteiger charge is -2.05. The summed E-state index contributed by atoms with van der Waals surface area (Å²) in [6.45, 7) is 4.86. The van der Waals surface area contributed by atoms with Crippen molar-refractivity contribution >= 4 is 50.4 Å². The van der Waals surface area contributed by atoms with Gasteiger partial charge in [0.1, 0.15) is 26.8 Å². The quantitative estimate of drug-likeness (QED) is 0.442. The van der Waals surface area contributed by atoms with Crippen LogP contribution in [0.15, 0.2) is 15.5 Å². The summed E-state index contributed by atoms with van der Waals surface area (Å²) in [6, 6.07) is 0. The van der Waals surface area contributed by atoms with E-state index in [1.54, 1.807) is 27.8 Å². The maximum Gasteiger partial charge on any atom is 0.349 e. The Kier molecular flexibility index (Phi) is 5.38. The lowest BCUT2D eigenvalue weighted by atomic mass is 10.2. The molecule has 4 heterocycles. The first-order valence-electron chi connectivity index (χ1n) is 9.57. The van der Waals surface area contributed by atoms with Gasteiger partial charge in [-0.25, -0.2) is 19.6 Å². The van der Waals surface area contributed by atoms with E-state index in [-0.39, 0.29) is 52.0 Å². The fourth-order valence-electron chi connectivity index (χ4n) is 3.30. The fraction of sp³-hybridized carbons (Fsp3) is 0.300. The molecule has 166 valence electrons. The second-order valence-electron chi connectivity index (χ2n) is 6.93. The molecule has 2 N–H and O–H groups in total. The molecular formula is C20H19N5O6S. The molecule has 0 radical (unpaired) electrons. The van der Waals surface area contributed by atoms with Crippen molar-refractivity contribution in [3.8, 4) is 0 Å². The SMILES string of the molecule is CCOC(=O)c1c(C)oc2nc(COC(=O)c3sc4ncn(C)c(=O)c4c3C)nc(N)c12. The van der Waals surface area contributed by atoms with Crippen molar-refractivity contribution in [3.63, 3.8) is 0 Å². The van der Waals surface area contributed by atoms with Crippen LogP contribution in [0, 0.1) is 13.8 Å². The molecule has 11 nitrogen and oxygen atoms in total. The molecule has 4 aromatic rings. The summed E-state index contributed by atoms with van der Waals surface area (Å²) in [7, 11) is 1.59. The second-order valence-corrected chi connectivity index (χ2v) is 7.93. The van der Waals surface area contributed by atoms with E-state index in [2.05, 4.69) is 15.0 Å². The molecule has 0 amide bonds. The van der Waals surface area contributed by atoms with Gasteiger partial charge in [0, 0.05) is 7.05 Å². The van der Waals surface area contributed by atoms with E-state index >= 15 is 0 Å². The van der Waals surface area contributed by atoms with E-state index in [0.29, 0.717) is 21.5 Å². The largest absolute Gasteiger partial charge is 0.462 e. The van der Waals surface area contributed by atoms with Gasteiger partial charge in [-0.3, -0.25) is 4.79 Å². The van der Waals surface area contributed by atoms with Crippen molar-refractivity contribution in [2.75, 3.05) is 12.3 Å². The van der Waals surface area contributed by atoms with Crippen LogP contribution in [-0.4, -0.2) is 38.1 Å². The Morgan fingerprint density at radius 3 is 2.66 bits per heavy atom. The maximum absolute atomic E-state index is 12.7. The summed E-state index contributed by atoms with van der Waals surface area (Å²) < 4.78 is 17.3. The Balaban J connectivity index is 1.61. The Morgan fingerprint density at radius 1 is 1.19 bits per heavy atom. The van der Waals surface area contributed by atoms with Crippen LogP contribution < -0.4 is 11.3 Å². The average Bonchev–Trinajstić information content (AvgIpc) is 3.26. The molecule has 32 heavy (non-hydrogen) atoms. The minimum atomic E-state index is -0.641. The van der Waals surface area contributed by atoms with Crippen LogP contribution in [0.5, 0.6) is 0 Å². The van der Waals surface area contributed by atoms with E-state index in [9.17, 15) is 14.4 Å². The fourth-order valence-corrected chi connectivity index (χ4v) is 4.33. The molecule has 0 saturated carbocycles. The Labute approximate surface area is 184 Å². The van der Waals surface area contributed by atoms with E-state index in [4.69, 9.17) is 19.6 Å². The first-order chi connectivity index (χ1) is 15.2. The summed E-state index contributed by atoms with van der Waals surface area (Å²) in [4.78, 5) is 50.5. The van der Waals surface area contributed by atoms with Gasteiger partial charge in [-0.2, -0.15) is 4.98 Å². The van der Waals surface area contributed by atoms with Gasteiger partial charge in [0.05, 0.1) is 23.7 Å². The highest BCUT2D eigenvalue weighted by atomic mass is 32.1. The van der Waals surface area contributed by atoms with Crippen molar-refractivity contribution in [2.45, 2.75) is 27.4 Å². The Hall–Kier alpha value is -3.80. The van der Waals surface area contributed by atoms with Crippen LogP contribution in [0.3, 0.4) is 0 Å². The third-order valence-electron chi connectivity index (χ3n) is 4.81. The van der Waals surface area contributed by atoms with Crippen molar-refractivity contribution in [1.82, 2.24) is 19.5 Å². The number of hydrogen-bond acceptors (Lipinski definition) is 11. The molecule has 0 saturated heterocycles. The summed E-state index contributed by atoms with van der Waals surface area (Å²) in [5, 5.41) is 0.629. The number of ether oxygens (including phenoxy) is 2. The number of furan rings is 1. The zero-order chi connectivity index (χ0) is 23.2. The van der Waals surface area contributed by atoms with Crippen molar-refractivity contribution in [3.05, 3.63) is 44.3 Å². The predicted octanol–water partition coefficient (Wildman–Crippen LogP) is 2.26. The standard InChI is InChI=1S/C20H19N5O6S/c1-5-29-19(27)12-9(3)31-16-13(12)15(21)23-10(24-16)6-30-20(28)14-8(2)11-17(32-14)22-7-25(4)18(11)26/h7H,5-6H2,1-4H3,(H2,21,23,24). The van der Waals surface area contributed by atoms with Crippen molar-refractivity contribution < 1.29 is 23.5 Å². The van der Waals surface area contributed by atoms with Gasteiger partial charge in [0.2, 0.25) is 5.71 Å². The van der Waals surface area contributed by atoms with Crippen LogP contribution in [0.2, 0.25) is 0 Å². The summed E-state index contributed by atoms with van der Waals surface area (Å²) in [5.74, 6) is -0.827. The highest BCUT2D eigenvalue weighted by molar-refractivity contribution is 7.20. The van der Waals surface area contributed by atoms with Gasteiger partial charge < -0.3 is 24.2 Å². The molecule has 0 aliphatic carbocycles. The third kappa shape index (κ3) is 3.47. The minimum Gasteiger partial charge on any atom is -0.462 e. The number of carbonyl (C=O) groups is 2. The highest BCUT2D eigenvalue weighted by Gasteiger charge is 2.25. The lowest BCUT2D eigenvalue weighted by Crippen LogP contribution is -2.16. The van der Waals surface area contributed by atoms with E-state index < -0.39 is 11.9 Å². The molecule has 0 aliphatic heterocycles. The molecule has 0 atom stereocenters. The Bertz CT molecular complexity index is 1450. The van der Waals surface area contributed by atoms with Crippen LogP contribution >= 0.6 is 11.3 Å². The first kappa shape index (κ1) is 21.4. The third-order valence-corrected chi connectivity index (χ3v) is 5.99. The number of nitrogen functional groups attached to an aromatic ring is 1. The van der Waals surface area contributed by atoms with Gasteiger partial charge in [-0.05, 0) is 26.3 Å². The smallest absolute Gasteiger partial charge is 0.349 e. The highest BCUT2D eigenvalue weighted by Crippen LogP contribution is 2.30. The van der Waals surface area contributed by atoms with Gasteiger partial charge >= 0.3 is 11.9 Å². The molecule has 0 bridgehead atoms. The molecular weight excluding hydrogens is 438 g/mol. The number of nitrogens with zero attached hydrogens (tertiary/aromatic N) is 4. The Morgan fingerprint density at radius 2 is 1.94 bits per heavy atom. The number of carbonyl (C=O) groups excluding carboxylic acids is 2. The van der Waals surface area contributed by atoms with Gasteiger partial charge in [-0.1, -0.05) is 0 Å². The topological polar surface area (TPSA) is 152 Å².